The summed E-state index contributed by atoms with van der Waals surface area (Å²) in [4.78, 5) is 0.227. The number of aryl methyl sites for hydroxylation is 1. The Morgan fingerprint density at radius 2 is 1.79 bits per heavy atom. The second-order valence-electron chi connectivity index (χ2n) is 6.35. The van der Waals surface area contributed by atoms with Gasteiger partial charge < -0.3 is 14.8 Å². The van der Waals surface area contributed by atoms with Crippen molar-refractivity contribution in [2.24, 2.45) is 0 Å². The summed E-state index contributed by atoms with van der Waals surface area (Å²) in [6.45, 7) is 2.49. The van der Waals surface area contributed by atoms with Crippen LogP contribution in [-0.4, -0.2) is 61.8 Å². The molecule has 0 atom stereocenters. The third kappa shape index (κ3) is 5.26. The van der Waals surface area contributed by atoms with Gasteiger partial charge in [-0.15, -0.1) is 15.3 Å². The number of nitrogens with zero attached hydrogens (tertiary/aromatic N) is 4. The van der Waals surface area contributed by atoms with Crippen molar-refractivity contribution in [2.75, 3.05) is 32.6 Å². The number of hydrogen-bond donors (Lipinski definition) is 2. The van der Waals surface area contributed by atoms with E-state index in [2.05, 4.69) is 25.3 Å². The van der Waals surface area contributed by atoms with Gasteiger partial charge in [0.05, 0.1) is 11.4 Å². The van der Waals surface area contributed by atoms with E-state index in [9.17, 15) is 8.42 Å². The van der Waals surface area contributed by atoms with Gasteiger partial charge in [0.2, 0.25) is 10.0 Å². The van der Waals surface area contributed by atoms with Crippen LogP contribution in [0.1, 0.15) is 11.4 Å². The Hall–Kier alpha value is -2.60. The number of hydrogen-bond acceptors (Lipinski definition) is 8. The highest BCUT2D eigenvalue weighted by atomic mass is 32.2. The number of aromatic nitrogens is 4. The van der Waals surface area contributed by atoms with Crippen molar-refractivity contribution in [1.29, 1.82) is 0 Å². The summed E-state index contributed by atoms with van der Waals surface area (Å²) in [6, 6.07) is 10.2. The van der Waals surface area contributed by atoms with Crippen LogP contribution in [0.2, 0.25) is 0 Å². The van der Waals surface area contributed by atoms with Crippen LogP contribution in [-0.2, 0) is 25.9 Å². The first-order chi connectivity index (χ1) is 13.9. The van der Waals surface area contributed by atoms with Crippen LogP contribution in [0.15, 0.2) is 41.3 Å². The number of fused-ring (bicyclic) bond motifs is 1. The zero-order valence-corrected chi connectivity index (χ0v) is 17.3. The van der Waals surface area contributed by atoms with Crippen LogP contribution < -0.4 is 10.0 Å². The molecule has 2 aromatic heterocycles. The number of benzene rings is 1. The first-order valence-electron chi connectivity index (χ1n) is 9.00. The van der Waals surface area contributed by atoms with Gasteiger partial charge >= 0.3 is 0 Å². The van der Waals surface area contributed by atoms with Crippen molar-refractivity contribution in [3.63, 3.8) is 0 Å². The molecule has 11 heteroatoms. The molecule has 0 fully saturated rings. The molecule has 0 saturated carbocycles. The topological polar surface area (TPSA) is 120 Å². The van der Waals surface area contributed by atoms with Gasteiger partial charge in [-0.1, -0.05) is 17.7 Å². The predicted octanol–water partition coefficient (Wildman–Crippen LogP) is 0.985. The lowest BCUT2D eigenvalue weighted by molar-refractivity contribution is -0.0914. The van der Waals surface area contributed by atoms with Crippen molar-refractivity contribution >= 4 is 21.5 Å². The highest BCUT2D eigenvalue weighted by Gasteiger charge is 2.15. The maximum Gasteiger partial charge on any atom is 0.240 e. The highest BCUT2D eigenvalue weighted by Crippen LogP contribution is 2.11. The van der Waals surface area contributed by atoms with E-state index in [1.54, 1.807) is 55.1 Å². The maximum atomic E-state index is 12.4. The van der Waals surface area contributed by atoms with E-state index in [4.69, 9.17) is 9.47 Å². The Bertz CT molecular complexity index is 1050. The summed E-state index contributed by atoms with van der Waals surface area (Å²) in [7, 11) is -0.469. The molecule has 0 unspecified atom stereocenters. The molecule has 1 aromatic carbocycles. The summed E-state index contributed by atoms with van der Waals surface area (Å²) in [6.07, 6.45) is -0.0642. The number of ether oxygens (including phenoxy) is 2. The molecule has 10 nitrogen and oxygen atoms in total. The Balaban J connectivity index is 1.65. The Labute approximate surface area is 169 Å². The zero-order chi connectivity index (χ0) is 20.9. The van der Waals surface area contributed by atoms with Crippen LogP contribution >= 0.6 is 0 Å². The van der Waals surface area contributed by atoms with Crippen molar-refractivity contribution in [2.45, 2.75) is 24.5 Å². The van der Waals surface area contributed by atoms with Crippen LogP contribution in [0, 0.1) is 6.92 Å². The Kier molecular flexibility index (Phi) is 6.75. The van der Waals surface area contributed by atoms with E-state index in [0.717, 1.165) is 5.56 Å². The number of methoxy groups -OCH3 is 2. The fourth-order valence-electron chi connectivity index (χ4n) is 2.63. The molecule has 0 saturated heterocycles. The summed E-state index contributed by atoms with van der Waals surface area (Å²) < 4.78 is 39.2. The molecule has 2 N–H and O–H groups in total. The highest BCUT2D eigenvalue weighted by molar-refractivity contribution is 7.89. The first kappa shape index (κ1) is 21.1. The van der Waals surface area contributed by atoms with E-state index in [1.165, 1.54) is 0 Å². The molecule has 2 heterocycles. The largest absolute Gasteiger partial charge is 0.364 e. The van der Waals surface area contributed by atoms with Crippen molar-refractivity contribution in [3.05, 3.63) is 47.8 Å². The van der Waals surface area contributed by atoms with Gasteiger partial charge in [-0.2, -0.15) is 4.52 Å². The third-order valence-corrected chi connectivity index (χ3v) is 5.75. The van der Waals surface area contributed by atoms with E-state index < -0.39 is 16.3 Å². The van der Waals surface area contributed by atoms with Gasteiger partial charge in [0.1, 0.15) is 5.82 Å². The molecular weight excluding hydrogens is 396 g/mol. The molecule has 156 valence electrons. The molecule has 0 aliphatic heterocycles. The fraction of sp³-hybridized carbons (Fsp3) is 0.389. The lowest BCUT2D eigenvalue weighted by Crippen LogP contribution is -2.26. The SMILES string of the molecule is COC(CNc1ccc2nnc(CCNS(=O)(=O)c3ccc(C)cc3)n2n1)OC. The number of rotatable bonds is 10. The fourth-order valence-corrected chi connectivity index (χ4v) is 3.66. The minimum Gasteiger partial charge on any atom is -0.364 e. The van der Waals surface area contributed by atoms with E-state index in [0.29, 0.717) is 30.3 Å². The van der Waals surface area contributed by atoms with E-state index in [-0.39, 0.29) is 11.4 Å². The monoisotopic (exact) mass is 420 g/mol. The second kappa shape index (κ2) is 9.27. The lowest BCUT2D eigenvalue weighted by Gasteiger charge is -2.14. The molecule has 0 bridgehead atoms. The van der Waals surface area contributed by atoms with E-state index in [1.807, 2.05) is 6.92 Å². The van der Waals surface area contributed by atoms with Gasteiger partial charge in [-0.05, 0) is 31.2 Å². The van der Waals surface area contributed by atoms with Crippen LogP contribution in [0.25, 0.3) is 5.65 Å². The maximum absolute atomic E-state index is 12.4. The van der Waals surface area contributed by atoms with Gasteiger partial charge in [0.15, 0.2) is 17.8 Å². The minimum absolute atomic E-state index is 0.172. The van der Waals surface area contributed by atoms with Crippen LogP contribution in [0.3, 0.4) is 0 Å². The predicted molar refractivity (Wildman–Crippen MR) is 107 cm³/mol. The third-order valence-electron chi connectivity index (χ3n) is 4.27. The second-order valence-corrected chi connectivity index (χ2v) is 8.11. The quantitative estimate of drug-likeness (QED) is 0.466. The molecule has 0 aliphatic carbocycles. The Morgan fingerprint density at radius 1 is 1.07 bits per heavy atom. The smallest absolute Gasteiger partial charge is 0.240 e. The average Bonchev–Trinajstić information content (AvgIpc) is 3.11. The minimum atomic E-state index is -3.58. The number of anilines is 1. The molecule has 0 radical (unpaired) electrons. The van der Waals surface area contributed by atoms with Gasteiger partial charge in [0, 0.05) is 27.2 Å². The molecule has 3 rings (SSSR count). The summed E-state index contributed by atoms with van der Waals surface area (Å²) in [5.74, 6) is 1.14. The number of nitrogens with one attached hydrogen (secondary N) is 2. The van der Waals surface area contributed by atoms with Gasteiger partial charge in [0.25, 0.3) is 0 Å². The first-order valence-corrected chi connectivity index (χ1v) is 10.5. The van der Waals surface area contributed by atoms with Crippen molar-refractivity contribution < 1.29 is 17.9 Å². The van der Waals surface area contributed by atoms with Crippen molar-refractivity contribution in [1.82, 2.24) is 24.5 Å². The van der Waals surface area contributed by atoms with Crippen molar-refractivity contribution in [3.8, 4) is 0 Å². The molecule has 0 aliphatic rings. The average molecular weight is 420 g/mol. The van der Waals surface area contributed by atoms with Crippen LogP contribution in [0.4, 0.5) is 5.82 Å². The molecule has 0 spiro atoms. The van der Waals surface area contributed by atoms with Gasteiger partial charge in [-0.25, -0.2) is 13.1 Å². The lowest BCUT2D eigenvalue weighted by atomic mass is 10.2. The zero-order valence-electron chi connectivity index (χ0n) is 16.5. The standard InChI is InChI=1S/C18H24N6O4S/c1-13-4-6-14(7-5-13)29(25,26)20-11-10-17-22-21-16-9-8-15(23-24(16)17)19-12-18(27-2)28-3/h4-9,18,20H,10-12H2,1-3H3,(H,19,23). The molecular formula is C18H24N6O4S. The van der Waals surface area contributed by atoms with Gasteiger partial charge in [-0.3, -0.25) is 0 Å². The molecule has 3 aromatic rings. The number of sulfonamides is 1. The summed E-state index contributed by atoms with van der Waals surface area (Å²) in [5, 5.41) is 15.7. The molecule has 29 heavy (non-hydrogen) atoms. The Morgan fingerprint density at radius 3 is 2.48 bits per heavy atom. The summed E-state index contributed by atoms with van der Waals surface area (Å²) in [5.41, 5.74) is 1.57. The van der Waals surface area contributed by atoms with Crippen LogP contribution in [0.5, 0.6) is 0 Å². The summed E-state index contributed by atoms with van der Waals surface area (Å²) >= 11 is 0. The normalized spacial score (nSPS) is 12.0. The molecule has 0 amide bonds. The van der Waals surface area contributed by atoms with E-state index >= 15 is 0 Å².